The maximum Gasteiger partial charge on any atom is 0.271 e. The molecule has 1 N–H and O–H groups in total. The Kier molecular flexibility index (Phi) is 6.76. The summed E-state index contributed by atoms with van der Waals surface area (Å²) < 4.78 is 15.3. The molecule has 10 heteroatoms. The normalized spacial score (nSPS) is 21.9. The van der Waals surface area contributed by atoms with Crippen molar-refractivity contribution in [1.82, 2.24) is 18.8 Å². The van der Waals surface area contributed by atoms with E-state index < -0.39 is 0 Å². The molecule has 30 heavy (non-hydrogen) atoms. The summed E-state index contributed by atoms with van der Waals surface area (Å²) in [5.74, 6) is 2.46. The highest BCUT2D eigenvalue weighted by molar-refractivity contribution is 6.99. The van der Waals surface area contributed by atoms with Gasteiger partial charge in [-0.15, -0.1) is 16.8 Å². The molecule has 2 aliphatic heterocycles. The molecule has 0 aromatic carbocycles. The third-order valence-corrected chi connectivity index (χ3v) is 6.38. The van der Waals surface area contributed by atoms with Crippen LogP contribution in [0.25, 0.3) is 0 Å². The van der Waals surface area contributed by atoms with E-state index in [0.29, 0.717) is 5.88 Å². The number of hydrogen-bond acceptors (Lipinski definition) is 9. The van der Waals surface area contributed by atoms with E-state index in [1.165, 1.54) is 16.8 Å². The molecule has 0 unspecified atom stereocenters. The van der Waals surface area contributed by atoms with Crippen molar-refractivity contribution in [2.45, 2.75) is 57.7 Å². The second kappa shape index (κ2) is 8.82. The topological polar surface area (TPSA) is 77.9 Å². The molecule has 4 rings (SSSR count). The van der Waals surface area contributed by atoms with Crippen molar-refractivity contribution in [2.24, 2.45) is 0 Å². The number of aromatic nitrogens is 3. The molecule has 4 heterocycles. The lowest BCUT2D eigenvalue weighted by Gasteiger charge is -2.51. The van der Waals surface area contributed by atoms with Crippen LogP contribution in [-0.4, -0.2) is 67.4 Å². The number of rotatable bonds is 4. The molecule has 2 aliphatic rings. The van der Waals surface area contributed by atoms with E-state index in [9.17, 15) is 5.21 Å². The Morgan fingerprint density at radius 2 is 1.63 bits per heavy atom. The third kappa shape index (κ3) is 4.64. The number of pyridine rings is 1. The van der Waals surface area contributed by atoms with Crippen molar-refractivity contribution in [3.05, 3.63) is 24.4 Å². The van der Waals surface area contributed by atoms with E-state index in [1.54, 1.807) is 0 Å². The monoisotopic (exact) mass is 454 g/mol. The van der Waals surface area contributed by atoms with Crippen LogP contribution in [0.4, 0.5) is 11.6 Å². The summed E-state index contributed by atoms with van der Waals surface area (Å²) in [7, 11) is 0. The number of nitrogens with zero attached hydrogens (tertiary/aromatic N) is 6. The first kappa shape index (κ1) is 23.0. The number of piperazine rings is 1. The van der Waals surface area contributed by atoms with Gasteiger partial charge in [0.05, 0.1) is 11.7 Å². The SMILES string of the molecule is CC1(C)CC(Oc2nsnc2N2CCN(c3ccccn3)CC2)CC(C)(C)N1O.Cl. The zero-order valence-corrected chi connectivity index (χ0v) is 19.6. The van der Waals surface area contributed by atoms with E-state index in [0.717, 1.165) is 50.7 Å². The van der Waals surface area contributed by atoms with Gasteiger partial charge in [-0.1, -0.05) is 6.07 Å². The average Bonchev–Trinajstić information content (AvgIpc) is 3.14. The van der Waals surface area contributed by atoms with Gasteiger partial charge < -0.3 is 19.7 Å². The summed E-state index contributed by atoms with van der Waals surface area (Å²) in [6.07, 6.45) is 3.29. The van der Waals surface area contributed by atoms with Crippen molar-refractivity contribution in [3.8, 4) is 5.88 Å². The van der Waals surface area contributed by atoms with Gasteiger partial charge in [-0.25, -0.2) is 4.98 Å². The second-order valence-corrected chi connectivity index (χ2v) is 9.67. The maximum atomic E-state index is 10.5. The van der Waals surface area contributed by atoms with Gasteiger partial charge in [-0.2, -0.15) is 9.44 Å². The van der Waals surface area contributed by atoms with Crippen LogP contribution in [0.15, 0.2) is 24.4 Å². The van der Waals surface area contributed by atoms with E-state index in [-0.39, 0.29) is 29.6 Å². The molecule has 2 aromatic rings. The minimum Gasteiger partial charge on any atom is -0.471 e. The van der Waals surface area contributed by atoms with Crippen molar-refractivity contribution in [3.63, 3.8) is 0 Å². The van der Waals surface area contributed by atoms with Gasteiger partial charge in [0.2, 0.25) is 5.82 Å². The maximum absolute atomic E-state index is 10.5. The van der Waals surface area contributed by atoms with Gasteiger partial charge in [-0.3, -0.25) is 0 Å². The standard InChI is InChI=1S/C20H30N6O2S.ClH/c1-19(2)13-15(14-20(3,4)26(19)27)28-18-17(22-29-23-18)25-11-9-24(10-12-25)16-7-5-6-8-21-16;/h5-8,15,27H,9-14H2,1-4H3;1H. The fourth-order valence-corrected chi connectivity index (χ4v) is 5.06. The van der Waals surface area contributed by atoms with Crippen LogP contribution in [0.5, 0.6) is 5.88 Å². The molecule has 0 spiro atoms. The highest BCUT2D eigenvalue weighted by atomic mass is 35.5. The number of hydrogen-bond donors (Lipinski definition) is 1. The first-order valence-electron chi connectivity index (χ1n) is 10.2. The fraction of sp³-hybridized carbons (Fsp3) is 0.650. The van der Waals surface area contributed by atoms with Crippen molar-refractivity contribution < 1.29 is 9.94 Å². The molecule has 2 saturated heterocycles. The summed E-state index contributed by atoms with van der Waals surface area (Å²) in [6.45, 7) is 11.6. The number of hydroxylamine groups is 2. The molecule has 0 bridgehead atoms. The predicted molar refractivity (Wildman–Crippen MR) is 121 cm³/mol. The number of halogens is 1. The highest BCUT2D eigenvalue weighted by Crippen LogP contribution is 2.39. The smallest absolute Gasteiger partial charge is 0.271 e. The Bertz CT molecular complexity index is 808. The molecular formula is C20H31ClN6O2S. The van der Waals surface area contributed by atoms with Gasteiger partial charge in [0.15, 0.2) is 0 Å². The van der Waals surface area contributed by atoms with Gasteiger partial charge >= 0.3 is 0 Å². The van der Waals surface area contributed by atoms with Crippen molar-refractivity contribution in [2.75, 3.05) is 36.0 Å². The van der Waals surface area contributed by atoms with Crippen LogP contribution in [-0.2, 0) is 0 Å². The minimum atomic E-state index is -0.357. The largest absolute Gasteiger partial charge is 0.471 e. The van der Waals surface area contributed by atoms with Gasteiger partial charge in [0.25, 0.3) is 5.88 Å². The Morgan fingerprint density at radius 3 is 2.23 bits per heavy atom. The van der Waals surface area contributed by atoms with Crippen LogP contribution >= 0.6 is 24.1 Å². The zero-order chi connectivity index (χ0) is 20.6. The quantitative estimate of drug-likeness (QED) is 0.752. The van der Waals surface area contributed by atoms with E-state index in [4.69, 9.17) is 4.74 Å². The van der Waals surface area contributed by atoms with Gasteiger partial charge in [-0.05, 0) is 39.8 Å². The lowest BCUT2D eigenvalue weighted by molar-refractivity contribution is -0.255. The third-order valence-electron chi connectivity index (χ3n) is 5.87. The number of piperidine rings is 1. The van der Waals surface area contributed by atoms with Crippen LogP contribution in [0.3, 0.4) is 0 Å². The molecule has 0 atom stereocenters. The average molecular weight is 455 g/mol. The molecule has 0 radical (unpaired) electrons. The molecule has 0 amide bonds. The van der Waals surface area contributed by atoms with E-state index in [2.05, 4.69) is 23.5 Å². The molecule has 0 aliphatic carbocycles. The summed E-state index contributed by atoms with van der Waals surface area (Å²) >= 11 is 1.19. The highest BCUT2D eigenvalue weighted by Gasteiger charge is 2.46. The predicted octanol–water partition coefficient (Wildman–Crippen LogP) is 3.47. The van der Waals surface area contributed by atoms with Crippen molar-refractivity contribution >= 4 is 35.8 Å². The van der Waals surface area contributed by atoms with Crippen LogP contribution < -0.4 is 14.5 Å². The van der Waals surface area contributed by atoms with Crippen LogP contribution in [0.2, 0.25) is 0 Å². The molecule has 2 fully saturated rings. The molecule has 166 valence electrons. The molecular weight excluding hydrogens is 424 g/mol. The van der Waals surface area contributed by atoms with Crippen molar-refractivity contribution in [1.29, 1.82) is 0 Å². The van der Waals surface area contributed by atoms with E-state index in [1.807, 2.05) is 52.1 Å². The Hall–Kier alpha value is -1.68. The lowest BCUT2D eigenvalue weighted by atomic mass is 9.80. The summed E-state index contributed by atoms with van der Waals surface area (Å²) in [6, 6.07) is 6.01. The van der Waals surface area contributed by atoms with Crippen LogP contribution in [0.1, 0.15) is 40.5 Å². The first-order valence-corrected chi connectivity index (χ1v) is 10.9. The second-order valence-electron chi connectivity index (χ2n) is 9.14. The summed E-state index contributed by atoms with van der Waals surface area (Å²) in [4.78, 5) is 8.99. The fourth-order valence-electron chi connectivity index (χ4n) is 4.55. The summed E-state index contributed by atoms with van der Waals surface area (Å²) in [5.41, 5.74) is -0.714. The Morgan fingerprint density at radius 1 is 1.00 bits per heavy atom. The Balaban J connectivity index is 0.00000256. The lowest BCUT2D eigenvalue weighted by Crippen LogP contribution is -2.61. The Labute approximate surface area is 188 Å². The van der Waals surface area contributed by atoms with Crippen LogP contribution in [0, 0.1) is 0 Å². The number of ether oxygens (including phenoxy) is 1. The number of anilines is 2. The minimum absolute atomic E-state index is 0. The van der Waals surface area contributed by atoms with Gasteiger partial charge in [0.1, 0.15) is 11.9 Å². The first-order chi connectivity index (χ1) is 13.8. The van der Waals surface area contributed by atoms with E-state index >= 15 is 0 Å². The molecule has 0 saturated carbocycles. The summed E-state index contributed by atoms with van der Waals surface area (Å²) in [5, 5.41) is 12.0. The molecule has 2 aromatic heterocycles. The zero-order valence-electron chi connectivity index (χ0n) is 18.0. The molecule has 8 nitrogen and oxygen atoms in total. The van der Waals surface area contributed by atoms with Gasteiger partial charge in [0, 0.05) is 56.3 Å².